The van der Waals surface area contributed by atoms with Crippen molar-refractivity contribution in [3.63, 3.8) is 0 Å². The predicted molar refractivity (Wildman–Crippen MR) is 55.4 cm³/mol. The van der Waals surface area contributed by atoms with Crippen LogP contribution in [0.4, 0.5) is 0 Å². The quantitative estimate of drug-likeness (QED) is 0.565. The Kier molecular flexibility index (Phi) is 1.65. The Balaban J connectivity index is 2.63. The molecule has 2 aromatic carbocycles. The number of hydrogen-bond acceptors (Lipinski definition) is 0. The average Bonchev–Trinajstić information content (AvgIpc) is 2.59. The number of H-pyrrole nitrogens is 1. The van der Waals surface area contributed by atoms with Crippen LogP contribution in [0.2, 0.25) is 0 Å². The number of aromatic amines is 1. The molecule has 0 saturated carbocycles. The third-order valence-corrected chi connectivity index (χ3v) is 2.88. The number of para-hydroxylation sites is 2. The normalized spacial score (nSPS) is 11.3. The number of nitrogens with one attached hydrogen (secondary N) is 1. The summed E-state index contributed by atoms with van der Waals surface area (Å²) >= 11 is 4.95. The van der Waals surface area contributed by atoms with Crippen molar-refractivity contribution < 1.29 is 15.5 Å². The van der Waals surface area contributed by atoms with Crippen LogP contribution in [0.15, 0.2) is 42.5 Å². The van der Waals surface area contributed by atoms with Crippen molar-refractivity contribution in [1.29, 1.82) is 0 Å². The molecule has 1 nitrogen and oxygen atoms in total. The Morgan fingerprint density at radius 1 is 0.857 bits per heavy atom. The summed E-state index contributed by atoms with van der Waals surface area (Å²) in [6, 6.07) is 14.4. The summed E-state index contributed by atoms with van der Waals surface area (Å²) < 4.78 is 0.929. The Morgan fingerprint density at radius 3 is 2.57 bits per heavy atom. The fourth-order valence-corrected chi connectivity index (χ4v) is 2.11. The van der Waals surface area contributed by atoms with E-state index in [1.165, 1.54) is 10.8 Å². The SMILES string of the molecule is [Ni][c]1cccc2c1[nH]c1ccccc12. The van der Waals surface area contributed by atoms with Crippen LogP contribution in [-0.4, -0.2) is 4.98 Å². The summed E-state index contributed by atoms with van der Waals surface area (Å²) in [5.41, 5.74) is 2.25. The van der Waals surface area contributed by atoms with Gasteiger partial charge in [0.1, 0.15) is 0 Å². The molecule has 3 rings (SSSR count). The monoisotopic (exact) mass is 224 g/mol. The van der Waals surface area contributed by atoms with Crippen LogP contribution in [-0.2, 0) is 15.5 Å². The molecule has 0 radical (unpaired) electrons. The van der Waals surface area contributed by atoms with Gasteiger partial charge in [0.05, 0.1) is 0 Å². The van der Waals surface area contributed by atoms with E-state index in [1.807, 2.05) is 18.2 Å². The molecule has 3 aromatic rings. The van der Waals surface area contributed by atoms with Crippen molar-refractivity contribution in [3.8, 4) is 0 Å². The first-order chi connectivity index (χ1) is 6.86. The molecule has 0 atom stereocenters. The zero-order chi connectivity index (χ0) is 9.54. The fourth-order valence-electron chi connectivity index (χ4n) is 1.82. The zero-order valence-corrected chi connectivity index (χ0v) is 8.35. The van der Waals surface area contributed by atoms with E-state index in [4.69, 9.17) is 15.5 Å². The van der Waals surface area contributed by atoms with Crippen molar-refractivity contribution in [2.24, 2.45) is 0 Å². The summed E-state index contributed by atoms with van der Waals surface area (Å²) in [6.45, 7) is 0. The molecular formula is C12H8NNi. The first-order valence-electron chi connectivity index (χ1n) is 4.48. The summed E-state index contributed by atoms with van der Waals surface area (Å²) in [5, 5.41) is 2.48. The molecule has 0 aliphatic rings. The summed E-state index contributed by atoms with van der Waals surface area (Å²) in [5.74, 6) is 0. The van der Waals surface area contributed by atoms with E-state index >= 15 is 0 Å². The van der Waals surface area contributed by atoms with Crippen LogP contribution in [0.3, 0.4) is 0 Å². The Bertz CT molecular complexity index is 610. The van der Waals surface area contributed by atoms with E-state index in [2.05, 4.69) is 29.2 Å². The van der Waals surface area contributed by atoms with Crippen molar-refractivity contribution in [1.82, 2.24) is 4.98 Å². The minimum atomic E-state index is 0.929. The number of rotatable bonds is 0. The fraction of sp³-hybridized carbons (Fsp3) is 0. The maximum absolute atomic E-state index is 4.95. The van der Waals surface area contributed by atoms with Gasteiger partial charge in [-0.3, -0.25) is 0 Å². The first kappa shape index (κ1) is 8.08. The molecule has 0 bridgehead atoms. The Hall–Kier alpha value is -1.27. The van der Waals surface area contributed by atoms with E-state index < -0.39 is 0 Å². The summed E-state index contributed by atoms with van der Waals surface area (Å²) in [4.78, 5) is 3.35. The van der Waals surface area contributed by atoms with Crippen LogP contribution in [0.5, 0.6) is 0 Å². The van der Waals surface area contributed by atoms with Gasteiger partial charge < -0.3 is 0 Å². The number of benzene rings is 2. The standard InChI is InChI=1S/C12H8N.Ni/c1-3-7-11-9(5-1)10-6-2-4-8-12(10)13-11;/h1-7,13H;. The molecule has 0 unspecified atom stereocenters. The molecule has 1 heterocycles. The van der Waals surface area contributed by atoms with Crippen LogP contribution in [0.25, 0.3) is 21.8 Å². The van der Waals surface area contributed by atoms with Crippen molar-refractivity contribution in [2.45, 2.75) is 0 Å². The molecule has 2 heteroatoms. The van der Waals surface area contributed by atoms with Gasteiger partial charge in [-0.25, -0.2) is 0 Å². The molecule has 14 heavy (non-hydrogen) atoms. The van der Waals surface area contributed by atoms with Crippen LogP contribution >= 0.6 is 0 Å². The molecule has 1 N–H and O–H groups in total. The second kappa shape index (κ2) is 2.86. The van der Waals surface area contributed by atoms with Gasteiger partial charge in [-0.2, -0.15) is 0 Å². The van der Waals surface area contributed by atoms with Gasteiger partial charge in [0.25, 0.3) is 0 Å². The number of fused-ring (bicyclic) bond motifs is 3. The van der Waals surface area contributed by atoms with Crippen LogP contribution in [0, 0.1) is 0 Å². The van der Waals surface area contributed by atoms with Gasteiger partial charge in [0, 0.05) is 0 Å². The van der Waals surface area contributed by atoms with E-state index in [9.17, 15) is 0 Å². The summed E-state index contributed by atoms with van der Waals surface area (Å²) in [7, 11) is 0. The van der Waals surface area contributed by atoms with Gasteiger partial charge >= 0.3 is 89.3 Å². The maximum atomic E-state index is 4.95. The van der Waals surface area contributed by atoms with E-state index in [0.717, 1.165) is 15.6 Å². The predicted octanol–water partition coefficient (Wildman–Crippen LogP) is 2.49. The molecule has 0 aliphatic heterocycles. The van der Waals surface area contributed by atoms with E-state index in [-0.39, 0.29) is 0 Å². The Morgan fingerprint density at radius 2 is 1.64 bits per heavy atom. The molecular weight excluding hydrogens is 217 g/mol. The molecule has 0 spiro atoms. The van der Waals surface area contributed by atoms with Gasteiger partial charge in [-0.15, -0.1) is 0 Å². The molecule has 0 saturated heterocycles. The van der Waals surface area contributed by atoms with Gasteiger partial charge in [-0.05, 0) is 0 Å². The Labute approximate surface area is 89.5 Å². The van der Waals surface area contributed by atoms with Gasteiger partial charge in [0.2, 0.25) is 0 Å². The number of aromatic nitrogens is 1. The van der Waals surface area contributed by atoms with Crippen LogP contribution in [0.1, 0.15) is 0 Å². The molecule has 0 amide bonds. The van der Waals surface area contributed by atoms with E-state index in [1.54, 1.807) is 0 Å². The topological polar surface area (TPSA) is 15.8 Å². The van der Waals surface area contributed by atoms with Gasteiger partial charge in [0.15, 0.2) is 0 Å². The zero-order valence-electron chi connectivity index (χ0n) is 7.36. The summed E-state index contributed by atoms with van der Waals surface area (Å²) in [6.07, 6.45) is 0. The average molecular weight is 225 g/mol. The van der Waals surface area contributed by atoms with Crippen molar-refractivity contribution in [3.05, 3.63) is 42.5 Å². The molecule has 0 aliphatic carbocycles. The van der Waals surface area contributed by atoms with Crippen molar-refractivity contribution in [2.75, 3.05) is 0 Å². The molecule has 71 valence electrons. The first-order valence-corrected chi connectivity index (χ1v) is 4.97. The second-order valence-electron chi connectivity index (χ2n) is 3.30. The number of hydrogen-bond donors (Lipinski definition) is 1. The van der Waals surface area contributed by atoms with E-state index in [0.29, 0.717) is 0 Å². The van der Waals surface area contributed by atoms with Crippen LogP contribution < -0.4 is 4.53 Å². The molecule has 0 fully saturated rings. The van der Waals surface area contributed by atoms with Gasteiger partial charge in [-0.1, -0.05) is 0 Å². The minimum absolute atomic E-state index is 0.929. The third kappa shape index (κ3) is 1.01. The second-order valence-corrected chi connectivity index (χ2v) is 3.83. The van der Waals surface area contributed by atoms with Crippen molar-refractivity contribution >= 4 is 26.3 Å². The molecule has 1 aromatic heterocycles. The third-order valence-electron chi connectivity index (χ3n) is 2.46.